The lowest BCUT2D eigenvalue weighted by Gasteiger charge is -2.04. The molecule has 0 fully saturated rings. The highest BCUT2D eigenvalue weighted by molar-refractivity contribution is 5.14. The molecule has 0 bridgehead atoms. The molecule has 11 nitrogen and oxygen atoms in total. The zero-order valence-electron chi connectivity index (χ0n) is 8.72. The first kappa shape index (κ1) is 12.9. The number of ether oxygens (including phenoxy) is 1. The first-order chi connectivity index (χ1) is 7.95. The molecule has 11 heteroatoms. The Labute approximate surface area is 93.9 Å². The van der Waals surface area contributed by atoms with Crippen LogP contribution in [0.15, 0.2) is 0 Å². The normalized spacial score (nSPS) is 12.4. The van der Waals surface area contributed by atoms with Crippen LogP contribution in [0.3, 0.4) is 0 Å². The number of hydrogen-bond acceptors (Lipinski definition) is 8. The van der Waals surface area contributed by atoms with Crippen molar-refractivity contribution < 1.29 is 19.7 Å². The lowest BCUT2D eigenvalue weighted by Crippen LogP contribution is -2.22. The van der Waals surface area contributed by atoms with Gasteiger partial charge in [0.15, 0.2) is 0 Å². The SMILES string of the molecule is COCC(O)Cn1nc([N+](=O)[O-])nc1[N+](=O)[O-]. The van der Waals surface area contributed by atoms with Crippen molar-refractivity contribution >= 4 is 11.9 Å². The Bertz CT molecular complexity index is 431. The van der Waals surface area contributed by atoms with Gasteiger partial charge in [0.05, 0.1) is 11.7 Å². The molecule has 1 unspecified atom stereocenters. The summed E-state index contributed by atoms with van der Waals surface area (Å²) >= 11 is 0. The summed E-state index contributed by atoms with van der Waals surface area (Å²) in [6.07, 6.45) is -1.07. The Morgan fingerprint density at radius 1 is 1.47 bits per heavy atom. The zero-order valence-corrected chi connectivity index (χ0v) is 8.72. The lowest BCUT2D eigenvalue weighted by atomic mass is 10.4. The van der Waals surface area contributed by atoms with Gasteiger partial charge in [-0.05, 0) is 9.85 Å². The molecule has 1 N–H and O–H groups in total. The molecule has 0 amide bonds. The monoisotopic (exact) mass is 247 g/mol. The molecule has 1 rings (SSSR count). The largest absolute Gasteiger partial charge is 0.508 e. The molecule has 0 saturated carbocycles. The molecular weight excluding hydrogens is 238 g/mol. The van der Waals surface area contributed by atoms with Gasteiger partial charge in [0.2, 0.25) is 0 Å². The van der Waals surface area contributed by atoms with E-state index in [0.29, 0.717) is 4.68 Å². The summed E-state index contributed by atoms with van der Waals surface area (Å²) in [6.45, 7) is -0.393. The van der Waals surface area contributed by atoms with Crippen molar-refractivity contribution in [3.8, 4) is 0 Å². The number of hydrogen-bond donors (Lipinski definition) is 1. The van der Waals surface area contributed by atoms with Crippen molar-refractivity contribution in [1.29, 1.82) is 0 Å². The minimum atomic E-state index is -1.07. The van der Waals surface area contributed by atoms with E-state index in [-0.39, 0.29) is 13.2 Å². The molecule has 0 aliphatic heterocycles. The highest BCUT2D eigenvalue weighted by Crippen LogP contribution is 2.13. The quantitative estimate of drug-likeness (QED) is 0.502. The van der Waals surface area contributed by atoms with E-state index < -0.39 is 27.8 Å². The third-order valence-electron chi connectivity index (χ3n) is 1.71. The van der Waals surface area contributed by atoms with E-state index in [9.17, 15) is 25.3 Å². The molecule has 17 heavy (non-hydrogen) atoms. The van der Waals surface area contributed by atoms with Crippen molar-refractivity contribution in [3.63, 3.8) is 0 Å². The summed E-state index contributed by atoms with van der Waals surface area (Å²) in [6, 6.07) is 0. The predicted octanol–water partition coefficient (Wildman–Crippen LogP) is -0.898. The Morgan fingerprint density at radius 2 is 2.12 bits per heavy atom. The third-order valence-corrected chi connectivity index (χ3v) is 1.71. The molecule has 0 saturated heterocycles. The van der Waals surface area contributed by atoms with Crippen LogP contribution in [0.1, 0.15) is 0 Å². The van der Waals surface area contributed by atoms with Gasteiger partial charge in [0.1, 0.15) is 12.6 Å². The highest BCUT2D eigenvalue weighted by atomic mass is 16.6. The number of aliphatic hydroxyl groups is 1. The van der Waals surface area contributed by atoms with Gasteiger partial charge < -0.3 is 30.1 Å². The van der Waals surface area contributed by atoms with E-state index in [2.05, 4.69) is 14.8 Å². The van der Waals surface area contributed by atoms with E-state index in [1.165, 1.54) is 7.11 Å². The van der Waals surface area contributed by atoms with E-state index >= 15 is 0 Å². The average Bonchev–Trinajstić information content (AvgIpc) is 2.62. The van der Waals surface area contributed by atoms with Crippen molar-refractivity contribution in [2.45, 2.75) is 12.6 Å². The van der Waals surface area contributed by atoms with Gasteiger partial charge in [0.25, 0.3) is 0 Å². The van der Waals surface area contributed by atoms with Gasteiger partial charge in [-0.15, -0.1) is 0 Å². The van der Waals surface area contributed by atoms with Gasteiger partial charge in [-0.3, -0.25) is 0 Å². The maximum atomic E-state index is 10.5. The van der Waals surface area contributed by atoms with E-state index in [4.69, 9.17) is 0 Å². The minimum absolute atomic E-state index is 0.0786. The maximum absolute atomic E-state index is 10.5. The average molecular weight is 247 g/mol. The van der Waals surface area contributed by atoms with E-state index in [1.54, 1.807) is 0 Å². The summed E-state index contributed by atoms with van der Waals surface area (Å²) in [7, 11) is 1.33. The highest BCUT2D eigenvalue weighted by Gasteiger charge is 2.29. The van der Waals surface area contributed by atoms with Crippen molar-refractivity contribution in [3.05, 3.63) is 20.2 Å². The zero-order chi connectivity index (χ0) is 13.0. The summed E-state index contributed by atoms with van der Waals surface area (Å²) in [5.41, 5.74) is 0. The molecule has 1 atom stereocenters. The molecule has 1 heterocycles. The first-order valence-electron chi connectivity index (χ1n) is 4.36. The van der Waals surface area contributed by atoms with Crippen molar-refractivity contribution in [2.24, 2.45) is 0 Å². The number of methoxy groups -OCH3 is 1. The van der Waals surface area contributed by atoms with Crippen LogP contribution in [0, 0.1) is 20.2 Å². The number of rotatable bonds is 6. The molecule has 0 aromatic carbocycles. The Morgan fingerprint density at radius 3 is 2.59 bits per heavy atom. The predicted molar refractivity (Wildman–Crippen MR) is 51.2 cm³/mol. The van der Waals surface area contributed by atoms with E-state index in [1.807, 2.05) is 0 Å². The van der Waals surface area contributed by atoms with Gasteiger partial charge in [-0.25, -0.2) is 0 Å². The fourth-order valence-corrected chi connectivity index (χ4v) is 1.10. The fraction of sp³-hybridized carbons (Fsp3) is 0.667. The second-order valence-electron chi connectivity index (χ2n) is 3.02. The molecular formula is C6H9N5O6. The minimum Gasteiger partial charge on any atom is -0.390 e. The Hall–Kier alpha value is -2.14. The van der Waals surface area contributed by atoms with Crippen LogP contribution in [0.2, 0.25) is 0 Å². The fourth-order valence-electron chi connectivity index (χ4n) is 1.10. The first-order valence-corrected chi connectivity index (χ1v) is 4.36. The molecule has 0 spiro atoms. The van der Waals surface area contributed by atoms with Crippen molar-refractivity contribution in [2.75, 3.05) is 13.7 Å². The second kappa shape index (κ2) is 5.27. The number of aliphatic hydroxyl groups excluding tert-OH is 1. The Kier molecular flexibility index (Phi) is 4.01. The number of nitro groups is 2. The van der Waals surface area contributed by atoms with Crippen molar-refractivity contribution in [1.82, 2.24) is 14.8 Å². The van der Waals surface area contributed by atoms with Gasteiger partial charge in [-0.2, -0.15) is 0 Å². The van der Waals surface area contributed by atoms with Gasteiger partial charge in [0, 0.05) is 12.1 Å². The summed E-state index contributed by atoms with van der Waals surface area (Å²) in [4.78, 5) is 22.2. The van der Waals surface area contributed by atoms with Gasteiger partial charge in [-0.1, -0.05) is 4.68 Å². The van der Waals surface area contributed by atoms with Crippen LogP contribution in [0.5, 0.6) is 0 Å². The summed E-state index contributed by atoms with van der Waals surface area (Å²) in [5.74, 6) is -1.69. The molecule has 1 aromatic heterocycles. The van der Waals surface area contributed by atoms with Crippen LogP contribution in [-0.2, 0) is 11.3 Å². The van der Waals surface area contributed by atoms with Crippen LogP contribution >= 0.6 is 0 Å². The van der Waals surface area contributed by atoms with E-state index in [0.717, 1.165) is 0 Å². The van der Waals surface area contributed by atoms with Crippen LogP contribution in [0.4, 0.5) is 11.9 Å². The van der Waals surface area contributed by atoms with Crippen LogP contribution in [0.25, 0.3) is 0 Å². The Balaban J connectivity index is 2.96. The number of aromatic nitrogens is 3. The number of nitrogens with zero attached hydrogens (tertiary/aromatic N) is 5. The maximum Gasteiger partial charge on any atom is 0.508 e. The lowest BCUT2D eigenvalue weighted by molar-refractivity contribution is -0.404. The standard InChI is InChI=1S/C6H9N5O6/c1-17-3-4(12)2-9-6(11(15)16)7-5(8-9)10(13)14/h4,12H,2-3H2,1H3. The molecule has 94 valence electrons. The van der Waals surface area contributed by atoms with Gasteiger partial charge >= 0.3 is 11.9 Å². The van der Waals surface area contributed by atoms with Crippen LogP contribution in [-0.4, -0.2) is 49.5 Å². The summed E-state index contributed by atoms with van der Waals surface area (Å²) < 4.78 is 5.27. The molecule has 0 aliphatic rings. The molecule has 1 aromatic rings. The van der Waals surface area contributed by atoms with Crippen LogP contribution < -0.4 is 0 Å². The third kappa shape index (κ3) is 3.15. The second-order valence-corrected chi connectivity index (χ2v) is 3.02. The summed E-state index contributed by atoms with van der Waals surface area (Å²) in [5, 5.41) is 33.6. The molecule has 0 aliphatic carbocycles. The topological polar surface area (TPSA) is 146 Å². The molecule has 0 radical (unpaired) electrons. The smallest absolute Gasteiger partial charge is 0.390 e.